The number of halogens is 1. The van der Waals surface area contributed by atoms with E-state index in [0.29, 0.717) is 33.5 Å². The highest BCUT2D eigenvalue weighted by Gasteiger charge is 2.18. The SMILES string of the molecule is COc1cccnc1-c1cc(C(=O)NS(C)(=O)=O)ccc1Oc1ccc(Cl)cc1. The van der Waals surface area contributed by atoms with E-state index in [2.05, 4.69) is 4.98 Å². The molecule has 3 aromatic rings. The van der Waals surface area contributed by atoms with Crippen molar-refractivity contribution in [3.05, 3.63) is 71.4 Å². The van der Waals surface area contributed by atoms with Crippen molar-refractivity contribution in [3.8, 4) is 28.5 Å². The summed E-state index contributed by atoms with van der Waals surface area (Å²) >= 11 is 5.91. The molecule has 0 spiro atoms. The van der Waals surface area contributed by atoms with E-state index in [-0.39, 0.29) is 5.56 Å². The van der Waals surface area contributed by atoms with Crippen LogP contribution in [0.1, 0.15) is 10.4 Å². The van der Waals surface area contributed by atoms with E-state index < -0.39 is 15.9 Å². The number of benzene rings is 2. The summed E-state index contributed by atoms with van der Waals surface area (Å²) in [5, 5.41) is 0.566. The van der Waals surface area contributed by atoms with E-state index in [1.807, 2.05) is 4.72 Å². The first-order valence-corrected chi connectivity index (χ1v) is 10.6. The Bertz CT molecular complexity index is 1150. The van der Waals surface area contributed by atoms with Crippen LogP contribution in [-0.2, 0) is 10.0 Å². The average Bonchev–Trinajstić information content (AvgIpc) is 2.68. The Morgan fingerprint density at radius 2 is 1.79 bits per heavy atom. The number of rotatable bonds is 6. The minimum absolute atomic E-state index is 0.126. The minimum Gasteiger partial charge on any atom is -0.494 e. The molecule has 0 aliphatic heterocycles. The topological polar surface area (TPSA) is 94.6 Å². The molecule has 0 aliphatic rings. The Morgan fingerprint density at radius 1 is 1.07 bits per heavy atom. The Hall–Kier alpha value is -3.10. The van der Waals surface area contributed by atoms with Gasteiger partial charge in [0.1, 0.15) is 22.9 Å². The fraction of sp³-hybridized carbons (Fsp3) is 0.100. The molecule has 2 aromatic carbocycles. The summed E-state index contributed by atoms with van der Waals surface area (Å²) in [6.07, 6.45) is 2.48. The highest BCUT2D eigenvalue weighted by molar-refractivity contribution is 7.89. The maximum atomic E-state index is 12.3. The molecule has 0 radical (unpaired) electrons. The van der Waals surface area contributed by atoms with Gasteiger partial charge in [-0.2, -0.15) is 0 Å². The van der Waals surface area contributed by atoms with Gasteiger partial charge in [-0.1, -0.05) is 11.6 Å². The fourth-order valence-corrected chi connectivity index (χ4v) is 3.14. The molecular weight excluding hydrogens is 416 g/mol. The van der Waals surface area contributed by atoms with E-state index >= 15 is 0 Å². The van der Waals surface area contributed by atoms with Crippen LogP contribution >= 0.6 is 11.6 Å². The standard InChI is InChI=1S/C20H17ClN2O5S/c1-27-18-4-3-11-22-19(18)16-12-13(20(24)23-29(2,25)26)5-10-17(16)28-15-8-6-14(21)7-9-15/h3-12H,1-2H3,(H,23,24). The molecule has 0 atom stereocenters. The van der Waals surface area contributed by atoms with Crippen molar-refractivity contribution in [2.24, 2.45) is 0 Å². The van der Waals surface area contributed by atoms with Gasteiger partial charge in [0.25, 0.3) is 5.91 Å². The summed E-state index contributed by atoms with van der Waals surface area (Å²) < 4.78 is 36.1. The number of aromatic nitrogens is 1. The third kappa shape index (κ3) is 5.24. The Morgan fingerprint density at radius 3 is 2.45 bits per heavy atom. The monoisotopic (exact) mass is 432 g/mol. The van der Waals surface area contributed by atoms with Gasteiger partial charge in [-0.05, 0) is 54.6 Å². The largest absolute Gasteiger partial charge is 0.494 e. The van der Waals surface area contributed by atoms with Gasteiger partial charge in [-0.3, -0.25) is 9.78 Å². The molecular formula is C20H17ClN2O5S. The molecule has 9 heteroatoms. The van der Waals surface area contributed by atoms with Crippen LogP contribution in [0, 0.1) is 0 Å². The van der Waals surface area contributed by atoms with Crippen LogP contribution < -0.4 is 14.2 Å². The summed E-state index contributed by atoms with van der Waals surface area (Å²) in [5.41, 5.74) is 1.02. The molecule has 0 aliphatic carbocycles. The Kier molecular flexibility index (Phi) is 6.05. The normalized spacial score (nSPS) is 11.0. The van der Waals surface area contributed by atoms with Crippen molar-refractivity contribution >= 4 is 27.5 Å². The lowest BCUT2D eigenvalue weighted by Gasteiger charge is -2.14. The van der Waals surface area contributed by atoms with E-state index in [1.165, 1.54) is 19.2 Å². The maximum absolute atomic E-state index is 12.3. The molecule has 1 N–H and O–H groups in total. The van der Waals surface area contributed by atoms with E-state index in [4.69, 9.17) is 21.1 Å². The van der Waals surface area contributed by atoms with Gasteiger partial charge >= 0.3 is 0 Å². The number of carbonyl (C=O) groups excluding carboxylic acids is 1. The highest BCUT2D eigenvalue weighted by Crippen LogP contribution is 2.37. The predicted octanol–water partition coefficient (Wildman–Crippen LogP) is 3.89. The number of carbonyl (C=O) groups is 1. The fourth-order valence-electron chi connectivity index (χ4n) is 2.56. The first-order chi connectivity index (χ1) is 13.8. The number of amides is 1. The number of hydrogen-bond acceptors (Lipinski definition) is 6. The van der Waals surface area contributed by atoms with Gasteiger partial charge in [0.2, 0.25) is 10.0 Å². The van der Waals surface area contributed by atoms with Crippen LogP contribution in [0.25, 0.3) is 11.3 Å². The van der Waals surface area contributed by atoms with Crippen LogP contribution in [0.15, 0.2) is 60.8 Å². The van der Waals surface area contributed by atoms with Crippen LogP contribution in [0.5, 0.6) is 17.2 Å². The van der Waals surface area contributed by atoms with Gasteiger partial charge in [0.05, 0.1) is 13.4 Å². The summed E-state index contributed by atoms with van der Waals surface area (Å²) in [7, 11) is -2.21. The lowest BCUT2D eigenvalue weighted by atomic mass is 10.0. The van der Waals surface area contributed by atoms with Crippen LogP contribution in [0.3, 0.4) is 0 Å². The van der Waals surface area contributed by atoms with E-state index in [0.717, 1.165) is 6.26 Å². The van der Waals surface area contributed by atoms with Gasteiger partial charge in [-0.15, -0.1) is 0 Å². The zero-order valence-electron chi connectivity index (χ0n) is 15.5. The van der Waals surface area contributed by atoms with Crippen molar-refractivity contribution in [2.75, 3.05) is 13.4 Å². The molecule has 1 aromatic heterocycles. The number of ether oxygens (including phenoxy) is 2. The number of nitrogens with zero attached hydrogens (tertiary/aromatic N) is 1. The lowest BCUT2D eigenvalue weighted by Crippen LogP contribution is -2.29. The summed E-state index contributed by atoms with van der Waals surface area (Å²) in [6, 6.07) is 14.7. The maximum Gasteiger partial charge on any atom is 0.264 e. The second-order valence-electron chi connectivity index (χ2n) is 6.02. The van der Waals surface area contributed by atoms with Gasteiger partial charge < -0.3 is 9.47 Å². The molecule has 0 unspecified atom stereocenters. The predicted molar refractivity (Wildman–Crippen MR) is 110 cm³/mol. The van der Waals surface area contributed by atoms with Gasteiger partial charge in [-0.25, -0.2) is 13.1 Å². The average molecular weight is 433 g/mol. The molecule has 1 heterocycles. The van der Waals surface area contributed by atoms with Crippen LogP contribution in [0.4, 0.5) is 0 Å². The van der Waals surface area contributed by atoms with Crippen molar-refractivity contribution in [3.63, 3.8) is 0 Å². The number of sulfonamides is 1. The second kappa shape index (κ2) is 8.50. The molecule has 0 saturated heterocycles. The summed E-state index contributed by atoms with van der Waals surface area (Å²) in [5.74, 6) is 0.634. The smallest absolute Gasteiger partial charge is 0.264 e. The summed E-state index contributed by atoms with van der Waals surface area (Å²) in [6.45, 7) is 0. The molecule has 3 rings (SSSR count). The zero-order chi connectivity index (χ0) is 21.0. The number of hydrogen-bond donors (Lipinski definition) is 1. The first kappa shape index (κ1) is 20.6. The van der Waals surface area contributed by atoms with Gasteiger partial charge in [0.15, 0.2) is 0 Å². The van der Waals surface area contributed by atoms with Crippen LogP contribution in [0.2, 0.25) is 5.02 Å². The molecule has 0 saturated carbocycles. The minimum atomic E-state index is -3.71. The number of methoxy groups -OCH3 is 1. The molecule has 0 fully saturated rings. The van der Waals surface area contributed by atoms with Crippen molar-refractivity contribution in [2.45, 2.75) is 0 Å². The molecule has 29 heavy (non-hydrogen) atoms. The van der Waals surface area contributed by atoms with E-state index in [1.54, 1.807) is 48.7 Å². The third-order valence-electron chi connectivity index (χ3n) is 3.81. The molecule has 0 bridgehead atoms. The lowest BCUT2D eigenvalue weighted by molar-refractivity contribution is 0.0981. The second-order valence-corrected chi connectivity index (χ2v) is 8.21. The third-order valence-corrected chi connectivity index (χ3v) is 4.62. The Balaban J connectivity index is 2.10. The zero-order valence-corrected chi connectivity index (χ0v) is 17.1. The van der Waals surface area contributed by atoms with Crippen molar-refractivity contribution in [1.29, 1.82) is 0 Å². The van der Waals surface area contributed by atoms with Crippen LogP contribution in [-0.4, -0.2) is 32.7 Å². The van der Waals surface area contributed by atoms with Gasteiger partial charge in [0, 0.05) is 22.3 Å². The number of pyridine rings is 1. The number of nitrogens with one attached hydrogen (secondary N) is 1. The molecule has 150 valence electrons. The van der Waals surface area contributed by atoms with Crippen molar-refractivity contribution in [1.82, 2.24) is 9.71 Å². The Labute approximate surface area is 173 Å². The molecule has 7 nitrogen and oxygen atoms in total. The highest BCUT2D eigenvalue weighted by atomic mass is 35.5. The van der Waals surface area contributed by atoms with Crippen molar-refractivity contribution < 1.29 is 22.7 Å². The van der Waals surface area contributed by atoms with E-state index in [9.17, 15) is 13.2 Å². The first-order valence-electron chi connectivity index (χ1n) is 8.36. The molecule has 1 amide bonds. The summed E-state index contributed by atoms with van der Waals surface area (Å²) in [4.78, 5) is 16.6. The quantitative estimate of drug-likeness (QED) is 0.635.